The van der Waals surface area contributed by atoms with E-state index in [1.807, 2.05) is 77.1 Å². The number of pyridine rings is 1. The quantitative estimate of drug-likeness (QED) is 0.532. The van der Waals surface area contributed by atoms with Crippen LogP contribution >= 0.6 is 0 Å². The summed E-state index contributed by atoms with van der Waals surface area (Å²) in [6.07, 6.45) is 3.87. The van der Waals surface area contributed by atoms with Gasteiger partial charge in [0.25, 0.3) is 5.91 Å². The smallest absolute Gasteiger partial charge is 0.254 e. The van der Waals surface area contributed by atoms with Crippen molar-refractivity contribution in [3.63, 3.8) is 0 Å². The fourth-order valence-corrected chi connectivity index (χ4v) is 3.66. The number of morpholine rings is 1. The first kappa shape index (κ1) is 17.7. The molecule has 0 radical (unpaired) electrons. The van der Waals surface area contributed by atoms with Crippen molar-refractivity contribution < 1.29 is 13.9 Å². The second kappa shape index (κ2) is 7.22. The topological polar surface area (TPSA) is 60.0 Å². The monoisotopic (exact) mass is 387 g/mol. The predicted molar refractivity (Wildman–Crippen MR) is 110 cm³/mol. The molecule has 0 spiro atoms. The Hall–Kier alpha value is -3.38. The van der Waals surface area contributed by atoms with Gasteiger partial charge >= 0.3 is 0 Å². The number of carbonyl (C=O) groups is 1. The summed E-state index contributed by atoms with van der Waals surface area (Å²) in [4.78, 5) is 19.0. The summed E-state index contributed by atoms with van der Waals surface area (Å²) in [5, 5.41) is 0. The number of nitrogens with zero attached hydrogens (tertiary/aromatic N) is 3. The Morgan fingerprint density at radius 1 is 0.966 bits per heavy atom. The van der Waals surface area contributed by atoms with Crippen molar-refractivity contribution in [3.05, 3.63) is 72.2 Å². The van der Waals surface area contributed by atoms with E-state index < -0.39 is 0 Å². The van der Waals surface area contributed by atoms with Crippen LogP contribution in [0, 0.1) is 6.92 Å². The number of benzene rings is 1. The van der Waals surface area contributed by atoms with Gasteiger partial charge in [-0.2, -0.15) is 0 Å². The van der Waals surface area contributed by atoms with E-state index in [9.17, 15) is 4.79 Å². The maximum Gasteiger partial charge on any atom is 0.254 e. The number of amides is 1. The van der Waals surface area contributed by atoms with E-state index in [2.05, 4.69) is 4.98 Å². The van der Waals surface area contributed by atoms with Gasteiger partial charge < -0.3 is 14.1 Å². The molecule has 1 aromatic carbocycles. The summed E-state index contributed by atoms with van der Waals surface area (Å²) in [6.45, 7) is 4.43. The van der Waals surface area contributed by atoms with Crippen LogP contribution in [-0.2, 0) is 4.74 Å². The summed E-state index contributed by atoms with van der Waals surface area (Å²) >= 11 is 0. The van der Waals surface area contributed by atoms with Gasteiger partial charge in [-0.1, -0.05) is 12.1 Å². The molecule has 1 amide bonds. The van der Waals surface area contributed by atoms with Gasteiger partial charge in [0.05, 0.1) is 19.4 Å². The van der Waals surface area contributed by atoms with Crippen molar-refractivity contribution in [2.75, 3.05) is 26.3 Å². The van der Waals surface area contributed by atoms with Crippen LogP contribution in [0.2, 0.25) is 0 Å². The zero-order valence-electron chi connectivity index (χ0n) is 16.2. The number of fused-ring (bicyclic) bond motifs is 1. The first-order valence-electron chi connectivity index (χ1n) is 9.70. The van der Waals surface area contributed by atoms with Gasteiger partial charge in [0.2, 0.25) is 0 Å². The largest absolute Gasteiger partial charge is 0.460 e. The molecule has 0 aliphatic carbocycles. The highest BCUT2D eigenvalue weighted by molar-refractivity contribution is 5.94. The van der Waals surface area contributed by atoms with Crippen LogP contribution < -0.4 is 0 Å². The number of furan rings is 1. The van der Waals surface area contributed by atoms with E-state index >= 15 is 0 Å². The molecule has 0 bridgehead atoms. The number of aryl methyl sites for hydroxylation is 1. The molecule has 4 heterocycles. The second-order valence-corrected chi connectivity index (χ2v) is 7.18. The Balaban J connectivity index is 1.45. The molecule has 4 aromatic rings. The van der Waals surface area contributed by atoms with Crippen LogP contribution in [0.5, 0.6) is 0 Å². The summed E-state index contributed by atoms with van der Waals surface area (Å²) in [7, 11) is 0. The standard InChI is InChI=1S/C23H21N3O3/c1-16-2-8-21(29-16)20-14-24-22-9-7-19(15-26(20)22)17-3-5-18(6-4-17)23(27)25-10-12-28-13-11-25/h2-9,14-15H,10-13H2,1H3. The lowest BCUT2D eigenvalue weighted by atomic mass is 10.0. The molecule has 0 N–H and O–H groups in total. The first-order valence-corrected chi connectivity index (χ1v) is 9.70. The third-order valence-electron chi connectivity index (χ3n) is 5.26. The SMILES string of the molecule is Cc1ccc(-c2cnc3ccc(-c4ccc(C(=O)N5CCOCC5)cc4)cn23)o1. The number of rotatable bonds is 3. The van der Waals surface area contributed by atoms with Crippen LogP contribution in [0.1, 0.15) is 16.1 Å². The van der Waals surface area contributed by atoms with Gasteiger partial charge in [-0.15, -0.1) is 0 Å². The highest BCUT2D eigenvalue weighted by atomic mass is 16.5. The molecule has 1 aliphatic heterocycles. The minimum Gasteiger partial charge on any atom is -0.460 e. The first-order chi connectivity index (χ1) is 14.2. The fraction of sp³-hybridized carbons (Fsp3) is 0.217. The van der Waals surface area contributed by atoms with Crippen molar-refractivity contribution in [2.45, 2.75) is 6.92 Å². The highest BCUT2D eigenvalue weighted by Crippen LogP contribution is 2.26. The van der Waals surface area contributed by atoms with Gasteiger partial charge in [0, 0.05) is 24.8 Å². The Morgan fingerprint density at radius 2 is 1.72 bits per heavy atom. The van der Waals surface area contributed by atoms with Crippen LogP contribution in [0.3, 0.4) is 0 Å². The Labute approximate surface area is 168 Å². The van der Waals surface area contributed by atoms with Crippen LogP contribution in [0.25, 0.3) is 28.2 Å². The molecule has 0 atom stereocenters. The molecule has 5 rings (SSSR count). The van der Waals surface area contributed by atoms with Crippen molar-refractivity contribution in [2.24, 2.45) is 0 Å². The van der Waals surface area contributed by atoms with Gasteiger partial charge in [-0.05, 0) is 54.4 Å². The summed E-state index contributed by atoms with van der Waals surface area (Å²) in [5.41, 5.74) is 4.56. The minimum atomic E-state index is 0.0559. The van der Waals surface area contributed by atoms with Crippen molar-refractivity contribution in [1.82, 2.24) is 14.3 Å². The van der Waals surface area contributed by atoms with Gasteiger partial charge in [0.1, 0.15) is 17.1 Å². The Morgan fingerprint density at radius 3 is 2.45 bits per heavy atom. The van der Waals surface area contributed by atoms with E-state index in [0.717, 1.165) is 34.0 Å². The van der Waals surface area contributed by atoms with E-state index in [4.69, 9.17) is 9.15 Å². The Bertz CT molecular complexity index is 1170. The lowest BCUT2D eigenvalue weighted by Crippen LogP contribution is -2.40. The molecule has 29 heavy (non-hydrogen) atoms. The molecule has 1 fully saturated rings. The van der Waals surface area contributed by atoms with Crippen molar-refractivity contribution >= 4 is 11.6 Å². The van der Waals surface area contributed by atoms with Crippen molar-refractivity contribution in [1.29, 1.82) is 0 Å². The summed E-state index contributed by atoms with van der Waals surface area (Å²) < 4.78 is 13.1. The van der Waals surface area contributed by atoms with E-state index in [1.54, 1.807) is 0 Å². The summed E-state index contributed by atoms with van der Waals surface area (Å²) in [6, 6.07) is 15.7. The molecule has 146 valence electrons. The average Bonchev–Trinajstić information content (AvgIpc) is 3.39. The maximum absolute atomic E-state index is 12.6. The van der Waals surface area contributed by atoms with Crippen LogP contribution in [0.15, 0.2) is 65.3 Å². The Kier molecular flexibility index (Phi) is 4.41. The number of hydrogen-bond donors (Lipinski definition) is 0. The molecule has 6 nitrogen and oxygen atoms in total. The van der Waals surface area contributed by atoms with Gasteiger partial charge in [-0.25, -0.2) is 4.98 Å². The highest BCUT2D eigenvalue weighted by Gasteiger charge is 2.18. The third kappa shape index (κ3) is 3.32. The van der Waals surface area contributed by atoms with Crippen molar-refractivity contribution in [3.8, 4) is 22.6 Å². The van der Waals surface area contributed by atoms with Gasteiger partial charge in [0.15, 0.2) is 5.76 Å². The molecule has 1 saturated heterocycles. The number of imidazole rings is 1. The van der Waals surface area contributed by atoms with E-state index in [1.165, 1.54) is 0 Å². The van der Waals surface area contributed by atoms with Crippen LogP contribution in [0.4, 0.5) is 0 Å². The average molecular weight is 387 g/mol. The number of carbonyl (C=O) groups excluding carboxylic acids is 1. The van der Waals surface area contributed by atoms with E-state index in [-0.39, 0.29) is 5.91 Å². The number of ether oxygens (including phenoxy) is 1. The lowest BCUT2D eigenvalue weighted by molar-refractivity contribution is 0.0303. The second-order valence-electron chi connectivity index (χ2n) is 7.18. The number of hydrogen-bond acceptors (Lipinski definition) is 4. The third-order valence-corrected chi connectivity index (χ3v) is 5.26. The summed E-state index contributed by atoms with van der Waals surface area (Å²) in [5.74, 6) is 1.71. The molecule has 0 unspecified atom stereocenters. The lowest BCUT2D eigenvalue weighted by Gasteiger charge is -2.26. The molecular formula is C23H21N3O3. The van der Waals surface area contributed by atoms with Gasteiger partial charge in [-0.3, -0.25) is 9.20 Å². The number of aromatic nitrogens is 2. The zero-order chi connectivity index (χ0) is 19.8. The molecule has 6 heteroatoms. The zero-order valence-corrected chi connectivity index (χ0v) is 16.2. The van der Waals surface area contributed by atoms with E-state index in [0.29, 0.717) is 31.9 Å². The minimum absolute atomic E-state index is 0.0559. The molecule has 1 aliphatic rings. The van der Waals surface area contributed by atoms with Crippen LogP contribution in [-0.4, -0.2) is 46.5 Å². The molecular weight excluding hydrogens is 366 g/mol. The maximum atomic E-state index is 12.6. The predicted octanol–water partition coefficient (Wildman–Crippen LogP) is 4.04. The fourth-order valence-electron chi connectivity index (χ4n) is 3.66. The normalized spacial score (nSPS) is 14.4. The molecule has 3 aromatic heterocycles. The molecule has 0 saturated carbocycles.